The topological polar surface area (TPSA) is 70.3 Å². The van der Waals surface area contributed by atoms with E-state index in [0.717, 1.165) is 44.0 Å². The molecular formula is C33H52N6. The summed E-state index contributed by atoms with van der Waals surface area (Å²) in [6.45, 7) is 4.96. The number of aryl methyl sites for hydroxylation is 1. The van der Waals surface area contributed by atoms with Crippen molar-refractivity contribution in [1.82, 2.24) is 14.9 Å². The average molecular weight is 533 g/mol. The van der Waals surface area contributed by atoms with Crippen LogP contribution in [0.5, 0.6) is 0 Å². The molecule has 0 amide bonds. The molecule has 0 atom stereocenters. The molecule has 3 fully saturated rings. The summed E-state index contributed by atoms with van der Waals surface area (Å²) in [4.78, 5) is 14.4. The monoisotopic (exact) mass is 532 g/mol. The van der Waals surface area contributed by atoms with Crippen molar-refractivity contribution in [2.45, 2.75) is 115 Å². The summed E-state index contributed by atoms with van der Waals surface area (Å²) in [6.07, 6.45) is 22.5. The maximum atomic E-state index is 6.19. The molecule has 0 spiro atoms. The Balaban J connectivity index is 1.01. The molecule has 2 heterocycles. The van der Waals surface area contributed by atoms with Gasteiger partial charge in [-0.1, -0.05) is 101 Å². The number of nitrogens with two attached hydrogens (primary N) is 1. The zero-order valence-electron chi connectivity index (χ0n) is 24.3. The largest absolute Gasteiger partial charge is 0.383 e. The predicted octanol–water partition coefficient (Wildman–Crippen LogP) is 7.20. The number of unbranched alkanes of at least 4 members (excludes halogenated alkanes) is 3. The van der Waals surface area contributed by atoms with Crippen molar-refractivity contribution in [1.29, 1.82) is 0 Å². The lowest BCUT2D eigenvalue weighted by molar-refractivity contribution is 0.147. The van der Waals surface area contributed by atoms with Gasteiger partial charge in [0, 0.05) is 44.8 Å². The van der Waals surface area contributed by atoms with Crippen LogP contribution < -0.4 is 16.0 Å². The molecule has 1 aromatic heterocycles. The Morgan fingerprint density at radius 2 is 1.41 bits per heavy atom. The number of aromatic nitrogens is 2. The van der Waals surface area contributed by atoms with E-state index in [1.54, 1.807) is 0 Å². The van der Waals surface area contributed by atoms with Crippen LogP contribution in [-0.4, -0.2) is 47.1 Å². The molecule has 3 aliphatic rings. The van der Waals surface area contributed by atoms with Gasteiger partial charge in [0.15, 0.2) is 0 Å². The summed E-state index contributed by atoms with van der Waals surface area (Å²) in [5.41, 5.74) is 8.88. The number of hydrogen-bond donors (Lipinski definition) is 2. The highest BCUT2D eigenvalue weighted by Crippen LogP contribution is 2.28. The summed E-state index contributed by atoms with van der Waals surface area (Å²) in [5, 5.41) is 3.42. The minimum absolute atomic E-state index is 0.534. The van der Waals surface area contributed by atoms with Crippen LogP contribution in [0.1, 0.15) is 107 Å². The minimum atomic E-state index is 0.534. The lowest BCUT2D eigenvalue weighted by Gasteiger charge is -2.41. The molecular weight excluding hydrogens is 480 g/mol. The molecule has 214 valence electrons. The molecule has 6 heteroatoms. The fourth-order valence-corrected chi connectivity index (χ4v) is 7.05. The molecule has 0 unspecified atom stereocenters. The smallest absolute Gasteiger partial charge is 0.226 e. The lowest BCUT2D eigenvalue weighted by Crippen LogP contribution is -2.51. The fraction of sp³-hybridized carbons (Fsp3) is 0.697. The van der Waals surface area contributed by atoms with Gasteiger partial charge in [-0.3, -0.25) is 4.90 Å². The van der Waals surface area contributed by atoms with Crippen LogP contribution in [0.3, 0.4) is 0 Å². The second-order valence-electron chi connectivity index (χ2n) is 12.4. The SMILES string of the molecule is Nc1cc(N2CCN(C3CCCCC3)CC2)nc(NCc2ccc(CCCCCCC3CCCCC3)cc2)n1. The summed E-state index contributed by atoms with van der Waals surface area (Å²) < 4.78 is 0. The number of piperazine rings is 1. The van der Waals surface area contributed by atoms with Gasteiger partial charge in [-0.2, -0.15) is 9.97 Å². The maximum absolute atomic E-state index is 6.19. The first-order chi connectivity index (χ1) is 19.2. The van der Waals surface area contributed by atoms with Gasteiger partial charge in [0.2, 0.25) is 5.95 Å². The number of nitrogens with zero attached hydrogens (tertiary/aromatic N) is 4. The van der Waals surface area contributed by atoms with Gasteiger partial charge in [0.1, 0.15) is 11.6 Å². The highest BCUT2D eigenvalue weighted by Gasteiger charge is 2.26. The van der Waals surface area contributed by atoms with E-state index in [9.17, 15) is 0 Å². The quantitative estimate of drug-likeness (QED) is 0.282. The second-order valence-corrected chi connectivity index (χ2v) is 12.4. The van der Waals surface area contributed by atoms with Crippen molar-refractivity contribution in [3.63, 3.8) is 0 Å². The van der Waals surface area contributed by atoms with E-state index in [2.05, 4.69) is 44.4 Å². The summed E-state index contributed by atoms with van der Waals surface area (Å²) >= 11 is 0. The van der Waals surface area contributed by atoms with Crippen LogP contribution in [-0.2, 0) is 13.0 Å². The Morgan fingerprint density at radius 1 is 0.744 bits per heavy atom. The summed E-state index contributed by atoms with van der Waals surface area (Å²) in [6, 6.07) is 11.8. The third-order valence-corrected chi connectivity index (χ3v) is 9.49. The van der Waals surface area contributed by atoms with Gasteiger partial charge in [-0.05, 0) is 42.7 Å². The average Bonchev–Trinajstić information content (AvgIpc) is 2.99. The van der Waals surface area contributed by atoms with Crippen LogP contribution in [0.15, 0.2) is 30.3 Å². The Labute approximate surface area is 237 Å². The van der Waals surface area contributed by atoms with E-state index in [1.807, 2.05) is 6.07 Å². The second kappa shape index (κ2) is 14.9. The zero-order chi connectivity index (χ0) is 26.7. The molecule has 2 aliphatic carbocycles. The Kier molecular flexibility index (Phi) is 10.8. The zero-order valence-corrected chi connectivity index (χ0v) is 24.3. The van der Waals surface area contributed by atoms with Crippen molar-refractivity contribution in [2.75, 3.05) is 42.1 Å². The van der Waals surface area contributed by atoms with Gasteiger partial charge >= 0.3 is 0 Å². The van der Waals surface area contributed by atoms with E-state index >= 15 is 0 Å². The van der Waals surface area contributed by atoms with E-state index in [0.29, 0.717) is 18.3 Å². The number of nitrogen functional groups attached to an aromatic ring is 1. The van der Waals surface area contributed by atoms with E-state index in [4.69, 9.17) is 10.7 Å². The van der Waals surface area contributed by atoms with Crippen LogP contribution in [0, 0.1) is 5.92 Å². The van der Waals surface area contributed by atoms with Crippen molar-refractivity contribution < 1.29 is 0 Å². The number of anilines is 3. The van der Waals surface area contributed by atoms with Crippen LogP contribution >= 0.6 is 0 Å². The Hall–Kier alpha value is -2.34. The van der Waals surface area contributed by atoms with Gasteiger partial charge in [0.05, 0.1) is 0 Å². The number of rotatable bonds is 12. The highest BCUT2D eigenvalue weighted by molar-refractivity contribution is 5.52. The fourth-order valence-electron chi connectivity index (χ4n) is 7.05. The first-order valence-electron chi connectivity index (χ1n) is 16.2. The predicted molar refractivity (Wildman–Crippen MR) is 164 cm³/mol. The minimum Gasteiger partial charge on any atom is -0.383 e. The molecule has 39 heavy (non-hydrogen) atoms. The number of nitrogens with one attached hydrogen (secondary N) is 1. The first kappa shape index (κ1) is 28.2. The van der Waals surface area contributed by atoms with Gasteiger partial charge < -0.3 is 16.0 Å². The third kappa shape index (κ3) is 8.83. The highest BCUT2D eigenvalue weighted by atomic mass is 15.3. The first-order valence-corrected chi connectivity index (χ1v) is 16.2. The van der Waals surface area contributed by atoms with Crippen molar-refractivity contribution in [2.24, 2.45) is 5.92 Å². The lowest BCUT2D eigenvalue weighted by atomic mass is 9.85. The number of hydrogen-bond acceptors (Lipinski definition) is 6. The van der Waals surface area contributed by atoms with Crippen LogP contribution in [0.2, 0.25) is 0 Å². The van der Waals surface area contributed by atoms with Gasteiger partial charge in [-0.25, -0.2) is 0 Å². The standard InChI is InChI=1S/C33H52N6/c34-31-25-32(39-23-21-38(22-24-39)30-15-9-4-10-16-30)37-33(36-31)35-26-29-19-17-28(18-20-29)14-6-2-1-5-11-27-12-7-3-8-13-27/h17-20,25,27,30H,1-16,21-24,26H2,(H3,34,35,36,37). The van der Waals surface area contributed by atoms with Crippen molar-refractivity contribution >= 4 is 17.6 Å². The Morgan fingerprint density at radius 3 is 2.15 bits per heavy atom. The molecule has 2 aromatic rings. The number of benzene rings is 1. The summed E-state index contributed by atoms with van der Waals surface area (Å²) in [5.74, 6) is 3.14. The van der Waals surface area contributed by atoms with Gasteiger partial charge in [0.25, 0.3) is 0 Å². The molecule has 2 saturated carbocycles. The normalized spacial score (nSPS) is 19.8. The third-order valence-electron chi connectivity index (χ3n) is 9.49. The van der Waals surface area contributed by atoms with Gasteiger partial charge in [-0.15, -0.1) is 0 Å². The maximum Gasteiger partial charge on any atom is 0.226 e. The molecule has 1 saturated heterocycles. The molecule has 3 N–H and O–H groups in total. The molecule has 6 nitrogen and oxygen atoms in total. The molecule has 5 rings (SSSR count). The van der Waals surface area contributed by atoms with E-state index in [1.165, 1.54) is 114 Å². The molecule has 1 aromatic carbocycles. The molecule has 0 radical (unpaired) electrons. The van der Waals surface area contributed by atoms with E-state index in [-0.39, 0.29) is 0 Å². The molecule has 1 aliphatic heterocycles. The molecule has 0 bridgehead atoms. The van der Waals surface area contributed by atoms with Crippen molar-refractivity contribution in [3.05, 3.63) is 41.5 Å². The van der Waals surface area contributed by atoms with Crippen LogP contribution in [0.25, 0.3) is 0 Å². The van der Waals surface area contributed by atoms with E-state index < -0.39 is 0 Å². The Bertz CT molecular complexity index is 972. The summed E-state index contributed by atoms with van der Waals surface area (Å²) in [7, 11) is 0. The van der Waals surface area contributed by atoms with Crippen LogP contribution in [0.4, 0.5) is 17.6 Å². The van der Waals surface area contributed by atoms with Crippen molar-refractivity contribution in [3.8, 4) is 0 Å².